The molecule has 0 saturated heterocycles. The van der Waals surface area contributed by atoms with E-state index in [0.29, 0.717) is 27.3 Å². The van der Waals surface area contributed by atoms with E-state index in [1.165, 1.54) is 79.9 Å². The maximum Gasteiger partial charge on any atom is 0.341 e. The minimum Gasteiger partial charge on any atom is -0.478 e. The van der Waals surface area contributed by atoms with Crippen molar-refractivity contribution in [3.63, 3.8) is 0 Å². The summed E-state index contributed by atoms with van der Waals surface area (Å²) < 4.78 is 41.1. The van der Waals surface area contributed by atoms with Gasteiger partial charge in [0.25, 0.3) is 0 Å². The largest absolute Gasteiger partial charge is 0.478 e. The second-order valence-corrected chi connectivity index (χ2v) is 8.06. The number of carboxylic acids is 1. The van der Waals surface area contributed by atoms with Crippen molar-refractivity contribution < 1.29 is 37.7 Å². The van der Waals surface area contributed by atoms with Crippen molar-refractivity contribution in [2.45, 2.75) is 0 Å². The Bertz CT molecular complexity index is 1390. The zero-order valence-electron chi connectivity index (χ0n) is 19.1. The van der Waals surface area contributed by atoms with Crippen LogP contribution in [0, 0.1) is 11.6 Å². The summed E-state index contributed by atoms with van der Waals surface area (Å²) in [6, 6.07) is 19.6. The van der Waals surface area contributed by atoms with Gasteiger partial charge in [-0.3, -0.25) is 0 Å². The zero-order valence-corrected chi connectivity index (χ0v) is 20.6. The molecule has 4 aromatic carbocycles. The van der Waals surface area contributed by atoms with Crippen LogP contribution in [0.2, 0.25) is 10.0 Å². The molecule has 190 valence electrons. The van der Waals surface area contributed by atoms with Gasteiger partial charge in [0.1, 0.15) is 45.8 Å². The number of aromatic carboxylic acids is 1. The van der Waals surface area contributed by atoms with E-state index in [-0.39, 0.29) is 22.7 Å². The van der Waals surface area contributed by atoms with Crippen LogP contribution >= 0.6 is 23.2 Å². The maximum atomic E-state index is 12.8. The molecule has 0 heterocycles. The lowest BCUT2D eigenvalue weighted by Gasteiger charge is -2.10. The molecule has 37 heavy (non-hydrogen) atoms. The Kier molecular flexibility index (Phi) is 9.43. The summed E-state index contributed by atoms with van der Waals surface area (Å²) in [6.45, 7) is 0. The Hall–Kier alpha value is -4.14. The minimum atomic E-state index is -1.14. The van der Waals surface area contributed by atoms with Crippen molar-refractivity contribution in [1.82, 2.24) is 0 Å². The lowest BCUT2D eigenvalue weighted by Crippen LogP contribution is -2.03. The number of rotatable bonds is 6. The molecule has 4 aromatic rings. The van der Waals surface area contributed by atoms with Crippen LogP contribution in [0.5, 0.6) is 23.0 Å². The van der Waals surface area contributed by atoms with Crippen molar-refractivity contribution in [2.24, 2.45) is 0 Å². The summed E-state index contributed by atoms with van der Waals surface area (Å²) in [4.78, 5) is 22.6. The van der Waals surface area contributed by atoms with Crippen LogP contribution in [-0.2, 0) is 4.74 Å². The highest BCUT2D eigenvalue weighted by molar-refractivity contribution is 6.31. The number of hydrogen-bond donors (Lipinski definition) is 1. The first-order chi connectivity index (χ1) is 17.7. The second-order valence-electron chi connectivity index (χ2n) is 7.19. The third-order valence-corrected chi connectivity index (χ3v) is 5.07. The molecule has 0 atom stereocenters. The molecule has 4 rings (SSSR count). The van der Waals surface area contributed by atoms with E-state index < -0.39 is 17.8 Å². The normalized spacial score (nSPS) is 10.1. The number of carbonyl (C=O) groups excluding carboxylic acids is 1. The summed E-state index contributed by atoms with van der Waals surface area (Å²) in [7, 11) is 1.27. The molecule has 0 saturated carbocycles. The number of ether oxygens (including phenoxy) is 3. The Morgan fingerprint density at radius 2 is 1.08 bits per heavy atom. The molecular weight excluding hydrogens is 529 g/mol. The van der Waals surface area contributed by atoms with Gasteiger partial charge < -0.3 is 19.3 Å². The summed E-state index contributed by atoms with van der Waals surface area (Å²) >= 11 is 11.5. The van der Waals surface area contributed by atoms with Crippen molar-refractivity contribution in [3.05, 3.63) is 118 Å². The number of esters is 1. The summed E-state index contributed by atoms with van der Waals surface area (Å²) in [5.41, 5.74) is 0.158. The molecule has 10 heteroatoms. The molecule has 0 aromatic heterocycles. The lowest BCUT2D eigenvalue weighted by molar-refractivity contribution is 0.0597. The highest BCUT2D eigenvalue weighted by Gasteiger charge is 2.15. The van der Waals surface area contributed by atoms with Gasteiger partial charge in [-0.15, -0.1) is 0 Å². The van der Waals surface area contributed by atoms with Crippen LogP contribution in [-0.4, -0.2) is 24.2 Å². The standard InChI is InChI=1S/C14H10ClFO3.C13H8ClFO3/c1-18-14(17)12-8-9(15)2-7-13(12)19-11-5-3-10(16)4-6-11;14-8-1-6-12(11(7-8)13(16)17)18-10-4-2-9(15)3-5-10/h2-8H,1H3;1-7H,(H,16,17). The monoisotopic (exact) mass is 546 g/mol. The average Bonchev–Trinajstić information content (AvgIpc) is 2.88. The fraction of sp³-hybridized carbons (Fsp3) is 0.0370. The van der Waals surface area contributed by atoms with E-state index in [2.05, 4.69) is 4.74 Å². The van der Waals surface area contributed by atoms with Gasteiger partial charge in [0.2, 0.25) is 0 Å². The van der Waals surface area contributed by atoms with E-state index in [0.717, 1.165) is 0 Å². The molecule has 0 unspecified atom stereocenters. The van der Waals surface area contributed by atoms with Crippen LogP contribution in [0.25, 0.3) is 0 Å². The SMILES string of the molecule is COC(=O)c1cc(Cl)ccc1Oc1ccc(F)cc1.O=C(O)c1cc(Cl)ccc1Oc1ccc(F)cc1. The van der Waals surface area contributed by atoms with Crippen molar-refractivity contribution >= 4 is 35.1 Å². The molecule has 0 radical (unpaired) electrons. The molecule has 0 fully saturated rings. The molecule has 0 aliphatic rings. The van der Waals surface area contributed by atoms with Gasteiger partial charge in [-0.25, -0.2) is 18.4 Å². The van der Waals surface area contributed by atoms with Gasteiger partial charge in [0.15, 0.2) is 0 Å². The molecule has 0 aliphatic carbocycles. The molecule has 0 amide bonds. The summed E-state index contributed by atoms with van der Waals surface area (Å²) in [5.74, 6) is -1.25. The number of halogens is 4. The van der Waals surface area contributed by atoms with Crippen LogP contribution in [0.4, 0.5) is 8.78 Å². The average molecular weight is 547 g/mol. The Morgan fingerprint density at radius 1 is 0.676 bits per heavy atom. The van der Waals surface area contributed by atoms with Crippen LogP contribution in [0.15, 0.2) is 84.9 Å². The van der Waals surface area contributed by atoms with Gasteiger partial charge in [0.05, 0.1) is 7.11 Å². The Labute approximate surface area is 220 Å². The zero-order chi connectivity index (χ0) is 26.9. The van der Waals surface area contributed by atoms with E-state index >= 15 is 0 Å². The van der Waals surface area contributed by atoms with Crippen molar-refractivity contribution in [1.29, 1.82) is 0 Å². The number of benzene rings is 4. The van der Waals surface area contributed by atoms with Crippen molar-refractivity contribution in [2.75, 3.05) is 7.11 Å². The minimum absolute atomic E-state index is 0.0492. The van der Waals surface area contributed by atoms with E-state index in [1.807, 2.05) is 0 Å². The quantitative estimate of drug-likeness (QED) is 0.246. The van der Waals surface area contributed by atoms with Crippen LogP contribution in [0.3, 0.4) is 0 Å². The first-order valence-corrected chi connectivity index (χ1v) is 11.2. The third kappa shape index (κ3) is 7.93. The molecule has 0 bridgehead atoms. The van der Waals surface area contributed by atoms with Crippen LogP contribution < -0.4 is 9.47 Å². The molecule has 6 nitrogen and oxygen atoms in total. The predicted octanol–water partition coefficient (Wildman–Crippen LogP) is 8.03. The first-order valence-electron chi connectivity index (χ1n) is 10.4. The number of carbonyl (C=O) groups is 2. The van der Waals surface area contributed by atoms with Gasteiger partial charge in [-0.2, -0.15) is 0 Å². The fourth-order valence-electron chi connectivity index (χ4n) is 2.88. The number of carboxylic acid groups (broad SMARTS) is 1. The van der Waals surface area contributed by atoms with Crippen molar-refractivity contribution in [3.8, 4) is 23.0 Å². The summed E-state index contributed by atoms with van der Waals surface area (Å²) in [5, 5.41) is 9.71. The Balaban J connectivity index is 0.000000206. The van der Waals surface area contributed by atoms with E-state index in [4.69, 9.17) is 37.8 Å². The van der Waals surface area contributed by atoms with E-state index in [1.54, 1.807) is 12.1 Å². The molecule has 0 spiro atoms. The smallest absolute Gasteiger partial charge is 0.341 e. The molecule has 0 aliphatic heterocycles. The van der Waals surface area contributed by atoms with Crippen LogP contribution in [0.1, 0.15) is 20.7 Å². The first kappa shape index (κ1) is 27.4. The van der Waals surface area contributed by atoms with Gasteiger partial charge >= 0.3 is 11.9 Å². The lowest BCUT2D eigenvalue weighted by atomic mass is 10.2. The second kappa shape index (κ2) is 12.7. The number of methoxy groups -OCH3 is 1. The fourth-order valence-corrected chi connectivity index (χ4v) is 3.22. The maximum absolute atomic E-state index is 12.8. The number of hydrogen-bond acceptors (Lipinski definition) is 5. The van der Waals surface area contributed by atoms with Gasteiger partial charge in [-0.1, -0.05) is 23.2 Å². The molecule has 1 N–H and O–H groups in total. The molecular formula is C27H18Cl2F2O6. The Morgan fingerprint density at radius 3 is 1.49 bits per heavy atom. The topological polar surface area (TPSA) is 82.1 Å². The van der Waals surface area contributed by atoms with Gasteiger partial charge in [-0.05, 0) is 84.9 Å². The third-order valence-electron chi connectivity index (χ3n) is 4.60. The predicted molar refractivity (Wildman–Crippen MR) is 134 cm³/mol. The van der Waals surface area contributed by atoms with Gasteiger partial charge in [0, 0.05) is 10.0 Å². The highest BCUT2D eigenvalue weighted by Crippen LogP contribution is 2.29. The van der Waals surface area contributed by atoms with E-state index in [9.17, 15) is 18.4 Å². The highest BCUT2D eigenvalue weighted by atomic mass is 35.5. The summed E-state index contributed by atoms with van der Waals surface area (Å²) in [6.07, 6.45) is 0.